The van der Waals surface area contributed by atoms with Gasteiger partial charge in [0.15, 0.2) is 0 Å². The van der Waals surface area contributed by atoms with E-state index in [1.807, 2.05) is 36.6 Å². The van der Waals surface area contributed by atoms with Crippen molar-refractivity contribution in [3.05, 3.63) is 82.4 Å². The van der Waals surface area contributed by atoms with E-state index in [0.29, 0.717) is 10.6 Å². The lowest BCUT2D eigenvalue weighted by Crippen LogP contribution is -2.30. The molecule has 0 fully saturated rings. The molecule has 32 heavy (non-hydrogen) atoms. The quantitative estimate of drug-likeness (QED) is 0.390. The summed E-state index contributed by atoms with van der Waals surface area (Å²) in [6, 6.07) is 20.4. The Morgan fingerprint density at radius 2 is 1.97 bits per heavy atom. The number of pyridine rings is 1. The first-order chi connectivity index (χ1) is 15.6. The number of nitrogens with zero attached hydrogens (tertiary/aromatic N) is 2. The predicted molar refractivity (Wildman–Crippen MR) is 134 cm³/mol. The third-order valence-corrected chi connectivity index (χ3v) is 7.67. The fraction of sp³-hybridized carbons (Fsp3) is 0.200. The second kappa shape index (κ2) is 8.94. The number of carbonyl (C=O) groups excluding carboxylic acids is 1. The van der Waals surface area contributed by atoms with E-state index in [1.165, 1.54) is 22.5 Å². The Labute approximate surface area is 195 Å². The van der Waals surface area contributed by atoms with E-state index in [-0.39, 0.29) is 5.91 Å². The molecule has 0 radical (unpaired) electrons. The molecule has 2 aromatic carbocycles. The second-order valence-electron chi connectivity index (χ2n) is 7.89. The molecule has 3 heterocycles. The molecule has 0 unspecified atom stereocenters. The number of amides is 1. The molecule has 1 aliphatic rings. The van der Waals surface area contributed by atoms with Crippen LogP contribution in [-0.2, 0) is 19.5 Å². The molecule has 0 atom stereocenters. The Balaban J connectivity index is 1.40. The molecule has 0 saturated heterocycles. The molecule has 1 amide bonds. The minimum atomic E-state index is -0.185. The third kappa shape index (κ3) is 4.11. The smallest absolute Gasteiger partial charge is 0.267 e. The number of thiophene rings is 1. The topological polar surface area (TPSA) is 71.2 Å². The summed E-state index contributed by atoms with van der Waals surface area (Å²) >= 11 is 2.97. The largest absolute Gasteiger partial charge is 0.397 e. The summed E-state index contributed by atoms with van der Waals surface area (Å²) in [6.07, 6.45) is 2.90. The van der Waals surface area contributed by atoms with Crippen molar-refractivity contribution < 1.29 is 4.79 Å². The van der Waals surface area contributed by atoms with Crippen LogP contribution in [0, 0.1) is 0 Å². The van der Waals surface area contributed by atoms with Crippen molar-refractivity contribution in [1.82, 2.24) is 9.88 Å². The molecule has 7 heteroatoms. The highest BCUT2D eigenvalue weighted by atomic mass is 32.2. The average Bonchev–Trinajstić information content (AvgIpc) is 3.14. The van der Waals surface area contributed by atoms with Gasteiger partial charge in [-0.2, -0.15) is 0 Å². The standard InChI is InChI=1S/C25H24N4OS2/c1-31-21-10-6-5-9-20(21)27-24(30)23-22(26)18-13-17-15-29(14-16-7-3-2-4-8-16)12-11-19(17)28-25(18)32-23/h2-10,13H,11-12,14-15,26H2,1H3,(H,27,30). The van der Waals surface area contributed by atoms with Crippen LogP contribution >= 0.6 is 23.1 Å². The summed E-state index contributed by atoms with van der Waals surface area (Å²) in [7, 11) is 0. The summed E-state index contributed by atoms with van der Waals surface area (Å²) in [5.41, 5.74) is 11.4. The zero-order valence-electron chi connectivity index (χ0n) is 17.8. The lowest BCUT2D eigenvalue weighted by molar-refractivity contribution is 0.103. The molecule has 0 spiro atoms. The summed E-state index contributed by atoms with van der Waals surface area (Å²) in [4.78, 5) is 22.7. The zero-order chi connectivity index (χ0) is 22.1. The highest BCUT2D eigenvalue weighted by molar-refractivity contribution is 7.98. The maximum absolute atomic E-state index is 13.0. The van der Waals surface area contributed by atoms with Crippen molar-refractivity contribution in [3.8, 4) is 0 Å². The normalized spacial score (nSPS) is 13.8. The van der Waals surface area contributed by atoms with Crippen LogP contribution in [0.2, 0.25) is 0 Å². The molecule has 2 aromatic heterocycles. The maximum Gasteiger partial charge on any atom is 0.267 e. The zero-order valence-corrected chi connectivity index (χ0v) is 19.4. The molecule has 5 nitrogen and oxygen atoms in total. The number of rotatable bonds is 5. The Morgan fingerprint density at radius 1 is 1.19 bits per heavy atom. The number of hydrogen-bond acceptors (Lipinski definition) is 6. The summed E-state index contributed by atoms with van der Waals surface area (Å²) in [6.45, 7) is 2.73. The van der Waals surface area contributed by atoms with E-state index >= 15 is 0 Å². The number of anilines is 2. The minimum absolute atomic E-state index is 0.185. The first-order valence-corrected chi connectivity index (χ1v) is 12.6. The second-order valence-corrected chi connectivity index (χ2v) is 9.74. The highest BCUT2D eigenvalue weighted by Crippen LogP contribution is 2.36. The number of fused-ring (bicyclic) bond motifs is 2. The molecule has 4 aromatic rings. The van der Waals surface area contributed by atoms with Crippen molar-refractivity contribution in [2.45, 2.75) is 24.4 Å². The third-order valence-electron chi connectivity index (χ3n) is 5.76. The van der Waals surface area contributed by atoms with Gasteiger partial charge in [0.2, 0.25) is 0 Å². The number of hydrogen-bond donors (Lipinski definition) is 2. The van der Waals surface area contributed by atoms with E-state index in [2.05, 4.69) is 40.5 Å². The number of nitrogen functional groups attached to an aromatic ring is 1. The van der Waals surface area contributed by atoms with Crippen LogP contribution < -0.4 is 11.1 Å². The molecule has 0 bridgehead atoms. The van der Waals surface area contributed by atoms with Crippen LogP contribution in [0.25, 0.3) is 10.2 Å². The Morgan fingerprint density at radius 3 is 2.78 bits per heavy atom. The van der Waals surface area contributed by atoms with Crippen LogP contribution in [0.1, 0.15) is 26.5 Å². The van der Waals surface area contributed by atoms with E-state index < -0.39 is 0 Å². The van der Waals surface area contributed by atoms with Crippen LogP contribution in [0.15, 0.2) is 65.6 Å². The van der Waals surface area contributed by atoms with E-state index in [4.69, 9.17) is 10.7 Å². The van der Waals surface area contributed by atoms with Crippen molar-refractivity contribution in [2.24, 2.45) is 0 Å². The Kier molecular flexibility index (Phi) is 5.87. The minimum Gasteiger partial charge on any atom is -0.397 e. The fourth-order valence-electron chi connectivity index (χ4n) is 4.13. The Hall–Kier alpha value is -2.87. The first kappa shape index (κ1) is 21.0. The van der Waals surface area contributed by atoms with Gasteiger partial charge in [-0.25, -0.2) is 4.98 Å². The van der Waals surface area contributed by atoms with Gasteiger partial charge in [-0.05, 0) is 35.6 Å². The lowest BCUT2D eigenvalue weighted by atomic mass is 10.0. The number of benzene rings is 2. The SMILES string of the molecule is CSc1ccccc1NC(=O)c1sc2nc3c(cc2c1N)CN(Cc1ccccc1)CC3. The fourth-order valence-corrected chi connectivity index (χ4v) is 5.67. The molecule has 162 valence electrons. The molecule has 0 saturated carbocycles. The van der Waals surface area contributed by atoms with E-state index in [0.717, 1.165) is 52.5 Å². The highest BCUT2D eigenvalue weighted by Gasteiger charge is 2.23. The van der Waals surface area contributed by atoms with Gasteiger partial charge in [-0.15, -0.1) is 23.1 Å². The van der Waals surface area contributed by atoms with Crippen molar-refractivity contribution in [2.75, 3.05) is 23.9 Å². The van der Waals surface area contributed by atoms with Crippen molar-refractivity contribution >= 4 is 50.6 Å². The van der Waals surface area contributed by atoms with Gasteiger partial charge >= 0.3 is 0 Å². The summed E-state index contributed by atoms with van der Waals surface area (Å²) < 4.78 is 0. The first-order valence-electron chi connectivity index (χ1n) is 10.5. The van der Waals surface area contributed by atoms with E-state index in [1.54, 1.807) is 11.8 Å². The molecule has 3 N–H and O–H groups in total. The van der Waals surface area contributed by atoms with Gasteiger partial charge in [-0.3, -0.25) is 9.69 Å². The van der Waals surface area contributed by atoms with Crippen molar-refractivity contribution in [3.63, 3.8) is 0 Å². The number of aromatic nitrogens is 1. The average molecular weight is 461 g/mol. The lowest BCUT2D eigenvalue weighted by Gasteiger charge is -2.28. The molecule has 0 aliphatic carbocycles. The van der Waals surface area contributed by atoms with Gasteiger partial charge in [0, 0.05) is 42.0 Å². The number of nitrogens with one attached hydrogen (secondary N) is 1. The van der Waals surface area contributed by atoms with Gasteiger partial charge in [0.05, 0.1) is 11.4 Å². The number of carbonyl (C=O) groups is 1. The van der Waals surface area contributed by atoms with Gasteiger partial charge in [0.1, 0.15) is 9.71 Å². The Bertz CT molecular complexity index is 1290. The maximum atomic E-state index is 13.0. The van der Waals surface area contributed by atoms with Crippen LogP contribution in [0.3, 0.4) is 0 Å². The van der Waals surface area contributed by atoms with Crippen molar-refractivity contribution in [1.29, 1.82) is 0 Å². The van der Waals surface area contributed by atoms with Gasteiger partial charge in [0.25, 0.3) is 5.91 Å². The monoisotopic (exact) mass is 460 g/mol. The van der Waals surface area contributed by atoms with E-state index in [9.17, 15) is 4.79 Å². The summed E-state index contributed by atoms with van der Waals surface area (Å²) in [5.74, 6) is -0.185. The van der Waals surface area contributed by atoms with Gasteiger partial charge in [-0.1, -0.05) is 42.5 Å². The number of nitrogens with two attached hydrogens (primary N) is 1. The predicted octanol–water partition coefficient (Wildman–Crippen LogP) is 5.41. The molecular weight excluding hydrogens is 436 g/mol. The number of thioether (sulfide) groups is 1. The van der Waals surface area contributed by atoms with Crippen LogP contribution in [0.4, 0.5) is 11.4 Å². The number of para-hydroxylation sites is 1. The molecule has 1 aliphatic heterocycles. The van der Waals surface area contributed by atoms with Crippen LogP contribution in [0.5, 0.6) is 0 Å². The summed E-state index contributed by atoms with van der Waals surface area (Å²) in [5, 5.41) is 3.89. The van der Waals surface area contributed by atoms with Crippen LogP contribution in [-0.4, -0.2) is 28.6 Å². The van der Waals surface area contributed by atoms with Gasteiger partial charge < -0.3 is 11.1 Å². The molecular formula is C25H24N4OS2. The molecule has 5 rings (SSSR count).